The molecular weight excluding hydrogens is 204 g/mol. The monoisotopic (exact) mass is 230 g/mol. The van der Waals surface area contributed by atoms with Crippen LogP contribution in [0.25, 0.3) is 0 Å². The van der Waals surface area contributed by atoms with E-state index >= 15 is 0 Å². The van der Waals surface area contributed by atoms with E-state index in [2.05, 4.69) is 26.1 Å². The van der Waals surface area contributed by atoms with Gasteiger partial charge >= 0.3 is 0 Å². The van der Waals surface area contributed by atoms with Gasteiger partial charge < -0.3 is 22.5 Å². The molecule has 0 saturated heterocycles. The third-order valence-electron chi connectivity index (χ3n) is 2.63. The average molecular weight is 230 g/mol. The summed E-state index contributed by atoms with van der Waals surface area (Å²) < 4.78 is 0. The molecule has 2 unspecified atom stereocenters. The van der Waals surface area contributed by atoms with Crippen molar-refractivity contribution in [3.05, 3.63) is 0 Å². The molecule has 0 spiro atoms. The molecule has 0 fully saturated rings. The Kier molecular flexibility index (Phi) is 6.55. The highest BCUT2D eigenvalue weighted by molar-refractivity contribution is 5.81. The number of carbonyl (C=O) groups is 1. The first-order valence-electron chi connectivity index (χ1n) is 5.79. The number of nitrogens with one attached hydrogen (secondary N) is 1. The van der Waals surface area contributed by atoms with Crippen LogP contribution in [0.1, 0.15) is 33.6 Å². The van der Waals surface area contributed by atoms with E-state index in [1.54, 1.807) is 0 Å². The molecule has 7 N–H and O–H groups in total. The lowest BCUT2D eigenvalue weighted by Gasteiger charge is -2.32. The van der Waals surface area contributed by atoms with Crippen LogP contribution in [0.5, 0.6) is 0 Å². The molecule has 0 rings (SSSR count). The Balaban J connectivity index is 4.34. The standard InChI is InChI=1S/C11H26N4O/c1-11(2,3)9(5-7-13)15-10(16)8(14)4-6-12/h8-9H,4-7,12-14H2,1-3H3,(H,15,16). The second-order valence-corrected chi connectivity index (χ2v) is 5.19. The van der Waals surface area contributed by atoms with Crippen molar-refractivity contribution in [1.29, 1.82) is 0 Å². The van der Waals surface area contributed by atoms with Crippen molar-refractivity contribution in [3.8, 4) is 0 Å². The molecule has 5 nitrogen and oxygen atoms in total. The zero-order chi connectivity index (χ0) is 12.8. The second-order valence-electron chi connectivity index (χ2n) is 5.19. The van der Waals surface area contributed by atoms with Gasteiger partial charge in [-0.3, -0.25) is 4.79 Å². The first-order valence-corrected chi connectivity index (χ1v) is 5.79. The van der Waals surface area contributed by atoms with Crippen LogP contribution in [0.15, 0.2) is 0 Å². The van der Waals surface area contributed by atoms with Gasteiger partial charge in [-0.05, 0) is 31.3 Å². The summed E-state index contributed by atoms with van der Waals surface area (Å²) in [4.78, 5) is 11.7. The molecule has 0 radical (unpaired) electrons. The third-order valence-corrected chi connectivity index (χ3v) is 2.63. The van der Waals surface area contributed by atoms with Gasteiger partial charge in [0.05, 0.1) is 6.04 Å². The fraction of sp³-hybridized carbons (Fsp3) is 0.909. The smallest absolute Gasteiger partial charge is 0.237 e. The molecule has 0 aromatic rings. The second kappa shape index (κ2) is 6.83. The lowest BCUT2D eigenvalue weighted by atomic mass is 9.84. The van der Waals surface area contributed by atoms with E-state index in [9.17, 15) is 4.79 Å². The molecule has 0 aliphatic rings. The first-order chi connectivity index (χ1) is 7.32. The van der Waals surface area contributed by atoms with Crippen LogP contribution in [0, 0.1) is 5.41 Å². The summed E-state index contributed by atoms with van der Waals surface area (Å²) in [6.45, 7) is 7.19. The Labute approximate surface area is 98.1 Å². The molecule has 0 aromatic heterocycles. The molecule has 5 heteroatoms. The normalized spacial score (nSPS) is 15.6. The summed E-state index contributed by atoms with van der Waals surface area (Å²) in [6.07, 6.45) is 1.26. The molecule has 96 valence electrons. The minimum atomic E-state index is -0.521. The van der Waals surface area contributed by atoms with Crippen LogP contribution in [0.3, 0.4) is 0 Å². The maximum atomic E-state index is 11.7. The van der Waals surface area contributed by atoms with Crippen molar-refractivity contribution in [3.63, 3.8) is 0 Å². The van der Waals surface area contributed by atoms with Crippen LogP contribution in [0.2, 0.25) is 0 Å². The van der Waals surface area contributed by atoms with Crippen LogP contribution in [0.4, 0.5) is 0 Å². The number of carbonyl (C=O) groups excluding carboxylic acids is 1. The predicted octanol–water partition coefficient (Wildman–Crippen LogP) is -0.458. The van der Waals surface area contributed by atoms with Crippen LogP contribution < -0.4 is 22.5 Å². The van der Waals surface area contributed by atoms with Crippen LogP contribution in [-0.4, -0.2) is 31.1 Å². The molecule has 0 aliphatic carbocycles. The lowest BCUT2D eigenvalue weighted by molar-refractivity contribution is -0.124. The molecule has 0 heterocycles. The summed E-state index contributed by atoms with van der Waals surface area (Å²) >= 11 is 0. The van der Waals surface area contributed by atoms with Gasteiger partial charge in [0, 0.05) is 6.04 Å². The molecule has 2 atom stereocenters. The maximum absolute atomic E-state index is 11.7. The quantitative estimate of drug-likeness (QED) is 0.495. The van der Waals surface area contributed by atoms with E-state index in [4.69, 9.17) is 17.2 Å². The van der Waals surface area contributed by atoms with Gasteiger partial charge in [-0.2, -0.15) is 0 Å². The summed E-state index contributed by atoms with van der Waals surface area (Å²) in [7, 11) is 0. The van der Waals surface area contributed by atoms with Crippen molar-refractivity contribution in [2.24, 2.45) is 22.6 Å². The third kappa shape index (κ3) is 5.44. The Morgan fingerprint density at radius 1 is 1.19 bits per heavy atom. The number of hydrogen-bond acceptors (Lipinski definition) is 4. The maximum Gasteiger partial charge on any atom is 0.237 e. The van der Waals surface area contributed by atoms with E-state index in [-0.39, 0.29) is 17.4 Å². The highest BCUT2D eigenvalue weighted by Crippen LogP contribution is 2.21. The SMILES string of the molecule is CC(C)(C)C(CCN)NC(=O)C(N)CCN. The zero-order valence-corrected chi connectivity index (χ0v) is 10.6. The molecule has 0 aliphatic heterocycles. The van der Waals surface area contributed by atoms with Crippen LogP contribution in [-0.2, 0) is 4.79 Å². The fourth-order valence-corrected chi connectivity index (χ4v) is 1.48. The predicted molar refractivity (Wildman–Crippen MR) is 66.7 cm³/mol. The van der Waals surface area contributed by atoms with E-state index in [1.807, 2.05) is 0 Å². The summed E-state index contributed by atoms with van der Waals surface area (Å²) in [5.41, 5.74) is 16.6. The van der Waals surface area contributed by atoms with Crippen LogP contribution >= 0.6 is 0 Å². The highest BCUT2D eigenvalue weighted by atomic mass is 16.2. The molecule has 16 heavy (non-hydrogen) atoms. The molecule has 1 amide bonds. The van der Waals surface area contributed by atoms with Gasteiger partial charge in [-0.15, -0.1) is 0 Å². The van der Waals surface area contributed by atoms with Crippen molar-refractivity contribution in [1.82, 2.24) is 5.32 Å². The topological polar surface area (TPSA) is 107 Å². The fourth-order valence-electron chi connectivity index (χ4n) is 1.48. The Morgan fingerprint density at radius 2 is 1.69 bits per heavy atom. The zero-order valence-electron chi connectivity index (χ0n) is 10.6. The summed E-state index contributed by atoms with van der Waals surface area (Å²) in [6, 6.07) is -0.471. The molecular formula is C11H26N4O. The first kappa shape index (κ1) is 15.3. The van der Waals surface area contributed by atoms with E-state index in [0.29, 0.717) is 19.5 Å². The van der Waals surface area contributed by atoms with Gasteiger partial charge in [0.2, 0.25) is 5.91 Å². The number of hydrogen-bond donors (Lipinski definition) is 4. The van der Waals surface area contributed by atoms with Gasteiger partial charge in [0.15, 0.2) is 0 Å². The Bertz CT molecular complexity index is 213. The average Bonchev–Trinajstić information content (AvgIpc) is 2.15. The van der Waals surface area contributed by atoms with Crippen molar-refractivity contribution in [2.45, 2.75) is 45.7 Å². The molecule has 0 bridgehead atoms. The summed E-state index contributed by atoms with van der Waals surface area (Å²) in [5, 5.41) is 2.94. The highest BCUT2D eigenvalue weighted by Gasteiger charge is 2.26. The van der Waals surface area contributed by atoms with E-state index in [0.717, 1.165) is 6.42 Å². The number of amides is 1. The van der Waals surface area contributed by atoms with Gasteiger partial charge in [-0.25, -0.2) is 0 Å². The Hall–Kier alpha value is -0.650. The van der Waals surface area contributed by atoms with E-state index < -0.39 is 6.04 Å². The molecule has 0 aromatic carbocycles. The summed E-state index contributed by atoms with van der Waals surface area (Å²) in [5.74, 6) is -0.140. The molecule has 0 saturated carbocycles. The van der Waals surface area contributed by atoms with Gasteiger partial charge in [0.1, 0.15) is 0 Å². The number of nitrogens with two attached hydrogens (primary N) is 3. The van der Waals surface area contributed by atoms with Crippen molar-refractivity contribution in [2.75, 3.05) is 13.1 Å². The van der Waals surface area contributed by atoms with E-state index in [1.165, 1.54) is 0 Å². The Morgan fingerprint density at radius 3 is 2.06 bits per heavy atom. The van der Waals surface area contributed by atoms with Crippen molar-refractivity contribution < 1.29 is 4.79 Å². The largest absolute Gasteiger partial charge is 0.351 e. The lowest BCUT2D eigenvalue weighted by Crippen LogP contribution is -2.51. The van der Waals surface area contributed by atoms with Crippen molar-refractivity contribution >= 4 is 5.91 Å². The number of rotatable bonds is 6. The van der Waals surface area contributed by atoms with Gasteiger partial charge in [0.25, 0.3) is 0 Å². The minimum Gasteiger partial charge on any atom is -0.351 e. The minimum absolute atomic E-state index is 0.0164. The van der Waals surface area contributed by atoms with Gasteiger partial charge in [-0.1, -0.05) is 20.8 Å².